The van der Waals surface area contributed by atoms with Crippen molar-refractivity contribution in [1.29, 1.82) is 0 Å². The molecule has 0 fully saturated rings. The summed E-state index contributed by atoms with van der Waals surface area (Å²) in [6, 6.07) is 3.35. The molecular weight excluding hydrogens is 224 g/mol. The van der Waals surface area contributed by atoms with Crippen molar-refractivity contribution in [2.45, 2.75) is 0 Å². The van der Waals surface area contributed by atoms with E-state index in [4.69, 9.17) is 11.6 Å². The van der Waals surface area contributed by atoms with E-state index in [2.05, 4.69) is 14.7 Å². The summed E-state index contributed by atoms with van der Waals surface area (Å²) in [5, 5.41) is 0.676. The number of aromatic nitrogens is 2. The lowest BCUT2D eigenvalue weighted by Gasteiger charge is -1.89. The van der Waals surface area contributed by atoms with Crippen molar-refractivity contribution in [3.63, 3.8) is 0 Å². The Morgan fingerprint density at radius 3 is 3.00 bits per heavy atom. The number of pyridine rings is 1. The molecule has 72 valence electrons. The molecule has 0 aliphatic rings. The zero-order valence-corrected chi connectivity index (χ0v) is 8.72. The average molecular weight is 229 g/mol. The van der Waals surface area contributed by atoms with Crippen molar-refractivity contribution < 1.29 is 9.53 Å². The lowest BCUT2D eigenvalue weighted by atomic mass is 10.4. The number of methoxy groups -OCH3 is 1. The van der Waals surface area contributed by atoms with Crippen LogP contribution in [0.3, 0.4) is 0 Å². The molecular formula is C8H5ClN2O2S. The third kappa shape index (κ3) is 1.56. The van der Waals surface area contributed by atoms with Crippen LogP contribution in [0.4, 0.5) is 0 Å². The van der Waals surface area contributed by atoms with Crippen molar-refractivity contribution >= 4 is 39.3 Å². The van der Waals surface area contributed by atoms with Gasteiger partial charge in [0.15, 0.2) is 0 Å². The van der Waals surface area contributed by atoms with Crippen LogP contribution < -0.4 is 0 Å². The lowest BCUT2D eigenvalue weighted by molar-refractivity contribution is 0.0600. The summed E-state index contributed by atoms with van der Waals surface area (Å²) in [4.78, 5) is 19.8. The topological polar surface area (TPSA) is 52.1 Å². The minimum Gasteiger partial charge on any atom is -0.464 e. The molecule has 14 heavy (non-hydrogen) atoms. The largest absolute Gasteiger partial charge is 0.464 e. The van der Waals surface area contributed by atoms with Gasteiger partial charge in [-0.15, -0.1) is 0 Å². The zero-order valence-electron chi connectivity index (χ0n) is 7.15. The number of ether oxygens (including phenoxy) is 1. The molecule has 2 rings (SSSR count). The van der Waals surface area contributed by atoms with E-state index in [1.54, 1.807) is 12.1 Å². The fourth-order valence-electron chi connectivity index (χ4n) is 0.969. The Kier molecular flexibility index (Phi) is 2.35. The maximum atomic E-state index is 11.1. The van der Waals surface area contributed by atoms with Gasteiger partial charge in [0.05, 0.1) is 7.11 Å². The third-order valence-corrected chi connectivity index (χ3v) is 2.74. The highest BCUT2D eigenvalue weighted by molar-refractivity contribution is 7.19. The number of rotatable bonds is 1. The van der Waals surface area contributed by atoms with Crippen LogP contribution in [0.5, 0.6) is 0 Å². The van der Waals surface area contributed by atoms with E-state index in [-0.39, 0.29) is 5.01 Å². The third-order valence-electron chi connectivity index (χ3n) is 1.58. The quantitative estimate of drug-likeness (QED) is 0.554. The zero-order chi connectivity index (χ0) is 10.1. The number of carbonyl (C=O) groups excluding carboxylic acids is 1. The molecule has 0 atom stereocenters. The number of thiazole rings is 1. The van der Waals surface area contributed by atoms with E-state index in [1.165, 1.54) is 7.11 Å². The molecule has 0 aliphatic carbocycles. The van der Waals surface area contributed by atoms with Crippen molar-refractivity contribution in [2.75, 3.05) is 7.11 Å². The number of fused-ring (bicyclic) bond motifs is 1. The summed E-state index contributed by atoms with van der Waals surface area (Å²) >= 11 is 6.86. The molecule has 2 heterocycles. The summed E-state index contributed by atoms with van der Waals surface area (Å²) in [6.45, 7) is 0. The summed E-state index contributed by atoms with van der Waals surface area (Å²) in [6.07, 6.45) is 0. The minimum absolute atomic E-state index is 0.289. The maximum absolute atomic E-state index is 11.1. The summed E-state index contributed by atoms with van der Waals surface area (Å²) in [5.41, 5.74) is 0.653. The molecule has 0 bridgehead atoms. The van der Waals surface area contributed by atoms with Crippen LogP contribution in [0.1, 0.15) is 9.80 Å². The first-order valence-corrected chi connectivity index (χ1v) is 4.91. The van der Waals surface area contributed by atoms with Gasteiger partial charge in [0.2, 0.25) is 5.01 Å². The SMILES string of the molecule is COC(=O)c1nc2ccc(Cl)nc2s1. The molecule has 2 aromatic rings. The molecule has 2 aromatic heterocycles. The highest BCUT2D eigenvalue weighted by atomic mass is 35.5. The van der Waals surface area contributed by atoms with Crippen molar-refractivity contribution in [3.05, 3.63) is 22.3 Å². The van der Waals surface area contributed by atoms with Gasteiger partial charge in [0.25, 0.3) is 0 Å². The van der Waals surface area contributed by atoms with Gasteiger partial charge in [-0.1, -0.05) is 22.9 Å². The first kappa shape index (κ1) is 9.36. The number of nitrogens with zero attached hydrogens (tertiary/aromatic N) is 2. The van der Waals surface area contributed by atoms with E-state index in [9.17, 15) is 4.79 Å². The van der Waals surface area contributed by atoms with Crippen LogP contribution in [0.25, 0.3) is 10.3 Å². The standard InChI is InChI=1S/C8H5ClN2O2S/c1-13-8(12)7-10-4-2-3-5(9)11-6(4)14-7/h2-3H,1H3. The van der Waals surface area contributed by atoms with E-state index >= 15 is 0 Å². The Bertz CT molecular complexity index is 497. The van der Waals surface area contributed by atoms with Gasteiger partial charge >= 0.3 is 5.97 Å². The Hall–Kier alpha value is -1.20. The number of halogens is 1. The number of hydrogen-bond donors (Lipinski definition) is 0. The predicted molar refractivity (Wildman–Crippen MR) is 53.8 cm³/mol. The fraction of sp³-hybridized carbons (Fsp3) is 0.125. The van der Waals surface area contributed by atoms with Crippen molar-refractivity contribution in [3.8, 4) is 0 Å². The summed E-state index contributed by atoms with van der Waals surface area (Å²) in [7, 11) is 1.31. The van der Waals surface area contributed by atoms with Crippen LogP contribution >= 0.6 is 22.9 Å². The van der Waals surface area contributed by atoms with Gasteiger partial charge in [0, 0.05) is 0 Å². The van der Waals surface area contributed by atoms with Crippen LogP contribution in [-0.2, 0) is 4.74 Å². The Balaban J connectivity index is 2.56. The van der Waals surface area contributed by atoms with Gasteiger partial charge in [-0.05, 0) is 12.1 Å². The highest BCUT2D eigenvalue weighted by Gasteiger charge is 2.12. The van der Waals surface area contributed by atoms with Gasteiger partial charge < -0.3 is 4.74 Å². The molecule has 0 amide bonds. The van der Waals surface area contributed by atoms with Gasteiger partial charge in [-0.25, -0.2) is 14.8 Å². The van der Waals surface area contributed by atoms with E-state index in [0.29, 0.717) is 15.5 Å². The molecule has 0 aliphatic heterocycles. The second-order valence-electron chi connectivity index (χ2n) is 2.47. The number of hydrogen-bond acceptors (Lipinski definition) is 5. The van der Waals surface area contributed by atoms with Gasteiger partial charge in [-0.2, -0.15) is 0 Å². The minimum atomic E-state index is -0.455. The van der Waals surface area contributed by atoms with Crippen LogP contribution in [-0.4, -0.2) is 23.0 Å². The molecule has 0 saturated carbocycles. The summed E-state index contributed by atoms with van der Waals surface area (Å²) < 4.78 is 4.54. The first-order valence-electron chi connectivity index (χ1n) is 3.72. The molecule has 0 spiro atoms. The highest BCUT2D eigenvalue weighted by Crippen LogP contribution is 2.22. The lowest BCUT2D eigenvalue weighted by Crippen LogP contribution is -1.99. The van der Waals surface area contributed by atoms with Gasteiger partial charge in [-0.3, -0.25) is 0 Å². The van der Waals surface area contributed by atoms with Crippen molar-refractivity contribution in [2.24, 2.45) is 0 Å². The normalized spacial score (nSPS) is 10.4. The van der Waals surface area contributed by atoms with Crippen molar-refractivity contribution in [1.82, 2.24) is 9.97 Å². The van der Waals surface area contributed by atoms with Gasteiger partial charge in [0.1, 0.15) is 15.5 Å². The second kappa shape index (κ2) is 3.51. The fourth-order valence-corrected chi connectivity index (χ4v) is 2.02. The molecule has 6 heteroatoms. The molecule has 0 aromatic carbocycles. The molecule has 4 nitrogen and oxygen atoms in total. The second-order valence-corrected chi connectivity index (χ2v) is 3.83. The predicted octanol–water partition coefficient (Wildman–Crippen LogP) is 2.13. The smallest absolute Gasteiger partial charge is 0.367 e. The van der Waals surface area contributed by atoms with Crippen LogP contribution in [0.2, 0.25) is 5.15 Å². The summed E-state index contributed by atoms with van der Waals surface area (Å²) in [5.74, 6) is -0.455. The monoisotopic (exact) mass is 228 g/mol. The number of carbonyl (C=O) groups is 1. The molecule has 0 saturated heterocycles. The first-order chi connectivity index (χ1) is 6.70. The molecule has 0 N–H and O–H groups in total. The molecule has 0 unspecified atom stereocenters. The Morgan fingerprint density at radius 2 is 2.29 bits per heavy atom. The Labute approximate surface area is 88.5 Å². The maximum Gasteiger partial charge on any atom is 0.367 e. The Morgan fingerprint density at radius 1 is 1.50 bits per heavy atom. The van der Waals surface area contributed by atoms with E-state index < -0.39 is 5.97 Å². The van der Waals surface area contributed by atoms with E-state index in [1.807, 2.05) is 0 Å². The average Bonchev–Trinajstić information content (AvgIpc) is 2.59. The molecule has 0 radical (unpaired) electrons. The van der Waals surface area contributed by atoms with Crippen LogP contribution in [0.15, 0.2) is 12.1 Å². The van der Waals surface area contributed by atoms with E-state index in [0.717, 1.165) is 11.3 Å². The van der Waals surface area contributed by atoms with Crippen LogP contribution in [0, 0.1) is 0 Å². The number of esters is 1.